The first-order chi connectivity index (χ1) is 14.5. The van der Waals surface area contributed by atoms with Gasteiger partial charge in [-0.05, 0) is 30.3 Å². The molecule has 12 heteroatoms. The van der Waals surface area contributed by atoms with Crippen molar-refractivity contribution in [2.24, 2.45) is 0 Å². The van der Waals surface area contributed by atoms with Gasteiger partial charge in [-0.2, -0.15) is 17.5 Å². The van der Waals surface area contributed by atoms with Crippen LogP contribution in [0.15, 0.2) is 47.4 Å². The number of halogens is 5. The molecular formula is C19H18Cl2F3N3O3S. The predicted octanol–water partition coefficient (Wildman–Crippen LogP) is 3.96. The van der Waals surface area contributed by atoms with Gasteiger partial charge >= 0.3 is 6.18 Å². The molecule has 0 spiro atoms. The predicted molar refractivity (Wildman–Crippen MR) is 112 cm³/mol. The van der Waals surface area contributed by atoms with E-state index in [4.69, 9.17) is 23.2 Å². The standard InChI is InChI=1S/C19H18Cl2F3N3O3S/c20-15-6-5-13(11-16(15)21)25-18(28)12-26-7-9-27(10-8-26)31(29,30)17-4-2-1-3-14(17)19(22,23)24/h1-6,11H,7-10,12H2,(H,25,28). The summed E-state index contributed by atoms with van der Waals surface area (Å²) in [5.74, 6) is -0.336. The van der Waals surface area contributed by atoms with Crippen LogP contribution in [-0.2, 0) is 21.0 Å². The summed E-state index contributed by atoms with van der Waals surface area (Å²) in [5.41, 5.74) is -0.734. The Labute approximate surface area is 187 Å². The summed E-state index contributed by atoms with van der Waals surface area (Å²) >= 11 is 11.7. The molecule has 1 fully saturated rings. The molecule has 0 saturated carbocycles. The first-order valence-corrected chi connectivity index (χ1v) is 11.3. The number of alkyl halides is 3. The van der Waals surface area contributed by atoms with Crippen LogP contribution in [0.4, 0.5) is 18.9 Å². The Kier molecular flexibility index (Phi) is 7.17. The summed E-state index contributed by atoms with van der Waals surface area (Å²) in [6.45, 7) is 0.320. The molecule has 0 radical (unpaired) electrons. The van der Waals surface area contributed by atoms with E-state index in [0.29, 0.717) is 10.7 Å². The number of carbonyl (C=O) groups excluding carboxylic acids is 1. The highest BCUT2D eigenvalue weighted by atomic mass is 35.5. The van der Waals surface area contributed by atoms with Gasteiger partial charge in [-0.15, -0.1) is 0 Å². The summed E-state index contributed by atoms with van der Waals surface area (Å²) in [6.07, 6.45) is -4.78. The first kappa shape index (κ1) is 23.8. The molecule has 1 aliphatic heterocycles. The van der Waals surface area contributed by atoms with Gasteiger partial charge in [0.2, 0.25) is 15.9 Å². The molecule has 31 heavy (non-hydrogen) atoms. The van der Waals surface area contributed by atoms with Crippen LogP contribution in [0.5, 0.6) is 0 Å². The number of rotatable bonds is 5. The molecule has 0 bridgehead atoms. The molecule has 2 aromatic carbocycles. The largest absolute Gasteiger partial charge is 0.417 e. The van der Waals surface area contributed by atoms with E-state index in [9.17, 15) is 26.4 Å². The number of piperazine rings is 1. The van der Waals surface area contributed by atoms with Crippen LogP contribution in [0.25, 0.3) is 0 Å². The second-order valence-corrected chi connectivity index (χ2v) is 9.57. The zero-order valence-electron chi connectivity index (χ0n) is 16.0. The summed E-state index contributed by atoms with van der Waals surface area (Å²) in [4.78, 5) is 13.2. The van der Waals surface area contributed by atoms with Crippen LogP contribution >= 0.6 is 23.2 Å². The summed E-state index contributed by atoms with van der Waals surface area (Å²) in [6, 6.07) is 8.74. The number of nitrogens with one attached hydrogen (secondary N) is 1. The maximum Gasteiger partial charge on any atom is 0.417 e. The third-order valence-corrected chi connectivity index (χ3v) is 7.41. The fourth-order valence-electron chi connectivity index (χ4n) is 3.17. The van der Waals surface area contributed by atoms with Crippen LogP contribution < -0.4 is 5.32 Å². The lowest BCUT2D eigenvalue weighted by molar-refractivity contribution is -0.140. The molecule has 1 amide bonds. The van der Waals surface area contributed by atoms with Crippen molar-refractivity contribution >= 4 is 44.8 Å². The van der Waals surface area contributed by atoms with Gasteiger partial charge in [-0.1, -0.05) is 35.3 Å². The minimum atomic E-state index is -4.78. The molecule has 1 N–H and O–H groups in total. The number of sulfonamides is 1. The summed E-state index contributed by atoms with van der Waals surface area (Å²) < 4.78 is 66.3. The fraction of sp³-hybridized carbons (Fsp3) is 0.316. The van der Waals surface area contributed by atoms with Crippen LogP contribution in [0, 0.1) is 0 Å². The maximum atomic E-state index is 13.2. The van der Waals surface area contributed by atoms with Gasteiger partial charge in [-0.25, -0.2) is 8.42 Å². The fourth-order valence-corrected chi connectivity index (χ4v) is 5.10. The molecule has 1 heterocycles. The van der Waals surface area contributed by atoms with Gasteiger partial charge in [0.05, 0.1) is 27.0 Å². The highest BCUT2D eigenvalue weighted by Crippen LogP contribution is 2.35. The van der Waals surface area contributed by atoms with Gasteiger partial charge in [0.1, 0.15) is 0 Å². The average molecular weight is 496 g/mol. The van der Waals surface area contributed by atoms with Gasteiger partial charge in [0.25, 0.3) is 0 Å². The normalized spacial score (nSPS) is 16.3. The van der Waals surface area contributed by atoms with Crippen molar-refractivity contribution in [2.45, 2.75) is 11.1 Å². The molecule has 0 aliphatic carbocycles. The molecule has 0 unspecified atom stereocenters. The van der Waals surface area contributed by atoms with Gasteiger partial charge < -0.3 is 5.32 Å². The van der Waals surface area contributed by atoms with Crippen molar-refractivity contribution in [1.29, 1.82) is 0 Å². The maximum absolute atomic E-state index is 13.2. The van der Waals surface area contributed by atoms with Crippen molar-refractivity contribution in [3.63, 3.8) is 0 Å². The Hall–Kier alpha value is -1.85. The molecule has 6 nitrogen and oxygen atoms in total. The Morgan fingerprint density at radius 2 is 1.65 bits per heavy atom. The van der Waals surface area contributed by atoms with E-state index in [-0.39, 0.29) is 43.7 Å². The van der Waals surface area contributed by atoms with E-state index < -0.39 is 26.7 Å². The Morgan fingerprint density at radius 3 is 2.26 bits per heavy atom. The van der Waals surface area contributed by atoms with Crippen molar-refractivity contribution < 1.29 is 26.4 Å². The van der Waals surface area contributed by atoms with Crippen molar-refractivity contribution in [2.75, 3.05) is 38.0 Å². The second kappa shape index (κ2) is 9.33. The number of hydrogen-bond acceptors (Lipinski definition) is 4. The average Bonchev–Trinajstić information content (AvgIpc) is 2.70. The molecule has 3 rings (SSSR count). The number of amides is 1. The quantitative estimate of drug-likeness (QED) is 0.681. The zero-order valence-corrected chi connectivity index (χ0v) is 18.3. The molecule has 0 aromatic heterocycles. The van der Waals surface area contributed by atoms with E-state index >= 15 is 0 Å². The van der Waals surface area contributed by atoms with E-state index in [1.54, 1.807) is 17.0 Å². The third kappa shape index (κ3) is 5.69. The number of anilines is 1. The third-order valence-electron chi connectivity index (χ3n) is 4.71. The molecule has 1 saturated heterocycles. The summed E-state index contributed by atoms with van der Waals surface area (Å²) in [5, 5.41) is 3.31. The van der Waals surface area contributed by atoms with Gasteiger partial charge in [0, 0.05) is 31.9 Å². The number of benzene rings is 2. The van der Waals surface area contributed by atoms with Crippen LogP contribution in [-0.4, -0.2) is 56.3 Å². The van der Waals surface area contributed by atoms with Crippen molar-refractivity contribution in [3.8, 4) is 0 Å². The topological polar surface area (TPSA) is 69.7 Å². The van der Waals surface area contributed by atoms with E-state index in [1.165, 1.54) is 12.1 Å². The van der Waals surface area contributed by atoms with Crippen LogP contribution in [0.3, 0.4) is 0 Å². The van der Waals surface area contributed by atoms with E-state index in [1.807, 2.05) is 0 Å². The van der Waals surface area contributed by atoms with Crippen molar-refractivity contribution in [1.82, 2.24) is 9.21 Å². The Balaban J connectivity index is 1.61. The van der Waals surface area contributed by atoms with Crippen molar-refractivity contribution in [3.05, 3.63) is 58.1 Å². The molecular weight excluding hydrogens is 478 g/mol. The second-order valence-electron chi connectivity index (χ2n) is 6.85. The summed E-state index contributed by atoms with van der Waals surface area (Å²) in [7, 11) is -4.33. The minimum Gasteiger partial charge on any atom is -0.325 e. The lowest BCUT2D eigenvalue weighted by Gasteiger charge is -2.34. The first-order valence-electron chi connectivity index (χ1n) is 9.12. The van der Waals surface area contributed by atoms with E-state index in [2.05, 4.69) is 5.32 Å². The minimum absolute atomic E-state index is 0.00668. The molecule has 168 valence electrons. The molecule has 2 aromatic rings. The van der Waals surface area contributed by atoms with E-state index in [0.717, 1.165) is 22.5 Å². The van der Waals surface area contributed by atoms with Crippen LogP contribution in [0.1, 0.15) is 5.56 Å². The zero-order chi connectivity index (χ0) is 22.8. The number of nitrogens with zero attached hydrogens (tertiary/aromatic N) is 2. The number of hydrogen-bond donors (Lipinski definition) is 1. The lowest BCUT2D eigenvalue weighted by atomic mass is 10.2. The monoisotopic (exact) mass is 495 g/mol. The highest BCUT2D eigenvalue weighted by Gasteiger charge is 2.39. The Morgan fingerprint density at radius 1 is 1.00 bits per heavy atom. The molecule has 0 atom stereocenters. The van der Waals surface area contributed by atoms with Gasteiger partial charge in [0.15, 0.2) is 0 Å². The van der Waals surface area contributed by atoms with Gasteiger partial charge in [-0.3, -0.25) is 9.69 Å². The lowest BCUT2D eigenvalue weighted by Crippen LogP contribution is -2.50. The molecule has 1 aliphatic rings. The highest BCUT2D eigenvalue weighted by molar-refractivity contribution is 7.89. The SMILES string of the molecule is O=C(CN1CCN(S(=O)(=O)c2ccccc2C(F)(F)F)CC1)Nc1ccc(Cl)c(Cl)c1. The number of carbonyl (C=O) groups is 1. The van der Waals surface area contributed by atoms with Crippen LogP contribution in [0.2, 0.25) is 10.0 Å². The Bertz CT molecular complexity index is 1070. The smallest absolute Gasteiger partial charge is 0.325 e.